The van der Waals surface area contributed by atoms with Gasteiger partial charge in [0.2, 0.25) is 0 Å². The molecule has 0 saturated carbocycles. The van der Waals surface area contributed by atoms with E-state index in [2.05, 4.69) is 4.74 Å². The minimum Gasteiger partial charge on any atom is -0.445 e. The van der Waals surface area contributed by atoms with E-state index < -0.39 is 41.8 Å². The number of nitrogens with two attached hydrogens (primary N) is 1. The van der Waals surface area contributed by atoms with E-state index >= 15 is 0 Å². The van der Waals surface area contributed by atoms with Crippen LogP contribution >= 0.6 is 0 Å². The molecular weight excluding hydrogens is 638 g/mol. The highest BCUT2D eigenvalue weighted by atomic mass is 16.8. The van der Waals surface area contributed by atoms with E-state index in [1.165, 1.54) is 4.90 Å². The van der Waals surface area contributed by atoms with Crippen LogP contribution in [0.1, 0.15) is 59.6 Å². The molecule has 2 aromatic carbocycles. The second-order valence-corrected chi connectivity index (χ2v) is 13.7. The molecule has 2 saturated heterocycles. The molecule has 2 aliphatic heterocycles. The summed E-state index contributed by atoms with van der Waals surface area (Å²) >= 11 is 0. The van der Waals surface area contributed by atoms with Gasteiger partial charge in [-0.2, -0.15) is 0 Å². The first-order valence-electron chi connectivity index (χ1n) is 16.0. The highest BCUT2D eigenvalue weighted by Gasteiger charge is 2.33. The fourth-order valence-corrected chi connectivity index (χ4v) is 4.29. The molecule has 0 spiro atoms. The number of benzene rings is 2. The Morgan fingerprint density at radius 1 is 0.673 bits per heavy atom. The summed E-state index contributed by atoms with van der Waals surface area (Å²) in [4.78, 5) is 48.4. The first-order valence-corrected chi connectivity index (χ1v) is 16.0. The van der Waals surface area contributed by atoms with Crippen molar-refractivity contribution in [2.24, 2.45) is 11.7 Å². The number of likely N-dealkylation sites (tertiary alicyclic amines) is 2. The highest BCUT2D eigenvalue weighted by molar-refractivity contribution is 5.77. The Bertz CT molecular complexity index is 1210. The van der Waals surface area contributed by atoms with Crippen molar-refractivity contribution in [1.82, 2.24) is 9.80 Å². The number of rotatable bonds is 4. The lowest BCUT2D eigenvalue weighted by molar-refractivity contribution is -0.0294. The van der Waals surface area contributed by atoms with Gasteiger partial charge in [0.25, 0.3) is 0 Å². The lowest BCUT2D eigenvalue weighted by atomic mass is 10.1. The molecule has 0 radical (unpaired) electrons. The summed E-state index contributed by atoms with van der Waals surface area (Å²) < 4.78 is 24.1. The molecular formula is C35H51N3O11. The van der Waals surface area contributed by atoms with E-state index in [1.807, 2.05) is 67.6 Å². The Kier molecular flexibility index (Phi) is 15.8. The number of carbonyl (C=O) groups excluding carboxylic acids is 4. The molecule has 2 heterocycles. The molecule has 2 amide bonds. The molecule has 4 atom stereocenters. The summed E-state index contributed by atoms with van der Waals surface area (Å²) in [5, 5.41) is 19.0. The Hall–Kier alpha value is -4.40. The number of aliphatic hydroxyl groups is 2. The zero-order valence-electron chi connectivity index (χ0n) is 29.4. The van der Waals surface area contributed by atoms with Gasteiger partial charge in [-0.25, -0.2) is 19.2 Å². The maximum atomic E-state index is 11.7. The Morgan fingerprint density at radius 3 is 1.39 bits per heavy atom. The van der Waals surface area contributed by atoms with E-state index in [0.717, 1.165) is 11.1 Å². The van der Waals surface area contributed by atoms with Crippen molar-refractivity contribution in [2.45, 2.75) is 91.1 Å². The molecule has 2 aromatic rings. The Balaban J connectivity index is 0.000000256. The normalized spacial score (nSPS) is 20.1. The molecule has 14 nitrogen and oxygen atoms in total. The minimum absolute atomic E-state index is 0.124. The van der Waals surface area contributed by atoms with Crippen LogP contribution in [0.3, 0.4) is 0 Å². The predicted octanol–water partition coefficient (Wildman–Crippen LogP) is 4.84. The maximum absolute atomic E-state index is 11.7. The van der Waals surface area contributed by atoms with Gasteiger partial charge in [-0.15, -0.1) is 0 Å². The van der Waals surface area contributed by atoms with Crippen LogP contribution in [0.5, 0.6) is 0 Å². The summed E-state index contributed by atoms with van der Waals surface area (Å²) in [5.41, 5.74) is 6.13. The Labute approximate surface area is 288 Å². The summed E-state index contributed by atoms with van der Waals surface area (Å²) in [7, 11) is 0. The SMILES string of the molecule is CC(C)(C)OC(=O)OC(=O)OC(C)(C)C.C[C@H]1CN(C(=O)OCc2ccccc2)C[C@@H]1O.N[C@H]1CN(C(=O)OCc2ccccc2)C[C@@H]1O. The van der Waals surface area contributed by atoms with Crippen LogP contribution in [-0.4, -0.2) is 100 Å². The van der Waals surface area contributed by atoms with Crippen molar-refractivity contribution in [3.8, 4) is 0 Å². The number of hydrogen-bond acceptors (Lipinski definition) is 12. The smallest absolute Gasteiger partial charge is 0.445 e. The van der Waals surface area contributed by atoms with Crippen molar-refractivity contribution < 1.29 is 53.1 Å². The van der Waals surface area contributed by atoms with E-state index in [4.69, 9.17) is 24.7 Å². The van der Waals surface area contributed by atoms with Crippen molar-refractivity contribution in [2.75, 3.05) is 26.2 Å². The van der Waals surface area contributed by atoms with Crippen LogP contribution in [0.15, 0.2) is 60.7 Å². The second-order valence-electron chi connectivity index (χ2n) is 13.7. The number of aliphatic hydroxyl groups excluding tert-OH is 2. The van der Waals surface area contributed by atoms with Gasteiger partial charge in [0.05, 0.1) is 31.3 Å². The summed E-state index contributed by atoms with van der Waals surface area (Å²) in [6, 6.07) is 18.6. The Morgan fingerprint density at radius 2 is 1.06 bits per heavy atom. The average molecular weight is 690 g/mol. The van der Waals surface area contributed by atoms with Gasteiger partial charge >= 0.3 is 24.5 Å². The molecule has 0 aliphatic carbocycles. The number of ether oxygens (including phenoxy) is 5. The number of β-amino-alcohol motifs (C(OH)–C–C–N with tert-alkyl or cyclic N) is 2. The topological polar surface area (TPSA) is 187 Å². The van der Waals surface area contributed by atoms with Gasteiger partial charge in [-0.1, -0.05) is 67.6 Å². The number of nitrogens with zero attached hydrogens (tertiary/aromatic N) is 2. The third-order valence-corrected chi connectivity index (χ3v) is 6.78. The fraction of sp³-hybridized carbons (Fsp3) is 0.543. The van der Waals surface area contributed by atoms with Gasteiger partial charge in [0.1, 0.15) is 24.4 Å². The van der Waals surface area contributed by atoms with E-state index in [1.54, 1.807) is 46.4 Å². The van der Waals surface area contributed by atoms with Crippen LogP contribution in [-0.2, 0) is 36.9 Å². The first kappa shape index (κ1) is 40.8. The zero-order chi connectivity index (χ0) is 36.8. The van der Waals surface area contributed by atoms with E-state index in [0.29, 0.717) is 19.6 Å². The standard InChI is InChI=1S/C13H17NO3.C12H16N2O3.C10H18O5/c1-10-7-14(8-12(10)15)13(16)17-9-11-5-3-2-4-6-11;13-10-6-14(7-11(10)15)12(16)17-8-9-4-2-1-3-5-9;1-9(2,3)14-7(11)13-8(12)15-10(4,5)6/h2-6,10,12,15H,7-9H2,1H3;1-5,10-11,15H,6-8,13H2;1-6H3/t10-,12-;10-,11-;/m00./s1. The lowest BCUT2D eigenvalue weighted by Crippen LogP contribution is -2.33. The number of hydrogen-bond donors (Lipinski definition) is 3. The monoisotopic (exact) mass is 689 g/mol. The van der Waals surface area contributed by atoms with E-state index in [-0.39, 0.29) is 37.8 Å². The summed E-state index contributed by atoms with van der Waals surface area (Å²) in [6.45, 7) is 14.0. The average Bonchev–Trinajstić information content (AvgIpc) is 3.53. The molecule has 2 aliphatic rings. The number of carbonyl (C=O) groups is 4. The van der Waals surface area contributed by atoms with E-state index in [9.17, 15) is 29.4 Å². The zero-order valence-corrected chi connectivity index (χ0v) is 29.4. The molecule has 0 aromatic heterocycles. The number of amides is 2. The van der Waals surface area contributed by atoms with Crippen LogP contribution in [0.25, 0.3) is 0 Å². The molecule has 4 rings (SSSR count). The first-order chi connectivity index (χ1) is 22.8. The van der Waals surface area contributed by atoms with Crippen molar-refractivity contribution in [1.29, 1.82) is 0 Å². The lowest BCUT2D eigenvalue weighted by Gasteiger charge is -2.20. The van der Waals surface area contributed by atoms with Crippen LogP contribution in [0, 0.1) is 5.92 Å². The van der Waals surface area contributed by atoms with Crippen molar-refractivity contribution in [3.05, 3.63) is 71.8 Å². The third kappa shape index (κ3) is 16.5. The quantitative estimate of drug-likeness (QED) is 0.226. The minimum atomic E-state index is -1.06. The molecule has 14 heteroatoms. The predicted molar refractivity (Wildman–Crippen MR) is 179 cm³/mol. The summed E-state index contributed by atoms with van der Waals surface area (Å²) in [6.07, 6.45) is -3.98. The fourth-order valence-electron chi connectivity index (χ4n) is 4.29. The molecule has 0 unspecified atom stereocenters. The maximum Gasteiger partial charge on any atom is 0.519 e. The largest absolute Gasteiger partial charge is 0.519 e. The molecule has 0 bridgehead atoms. The van der Waals surface area contributed by atoms with Gasteiger partial charge < -0.3 is 49.4 Å². The molecule has 2 fully saturated rings. The second kappa shape index (κ2) is 19.0. The van der Waals surface area contributed by atoms with Gasteiger partial charge in [0.15, 0.2) is 0 Å². The van der Waals surface area contributed by atoms with Crippen molar-refractivity contribution in [3.63, 3.8) is 0 Å². The molecule has 49 heavy (non-hydrogen) atoms. The van der Waals surface area contributed by atoms with Crippen LogP contribution in [0.2, 0.25) is 0 Å². The highest BCUT2D eigenvalue weighted by Crippen LogP contribution is 2.17. The van der Waals surface area contributed by atoms with Crippen molar-refractivity contribution >= 4 is 24.5 Å². The summed E-state index contributed by atoms with van der Waals surface area (Å²) in [5.74, 6) is 0.124. The van der Waals surface area contributed by atoms with Gasteiger partial charge in [0, 0.05) is 19.0 Å². The molecule has 272 valence electrons. The van der Waals surface area contributed by atoms with Crippen LogP contribution in [0.4, 0.5) is 19.2 Å². The van der Waals surface area contributed by atoms with Gasteiger partial charge in [-0.3, -0.25) is 0 Å². The van der Waals surface area contributed by atoms with Gasteiger partial charge in [-0.05, 0) is 52.7 Å². The third-order valence-electron chi connectivity index (χ3n) is 6.78. The molecule has 4 N–H and O–H groups in total. The van der Waals surface area contributed by atoms with Crippen LogP contribution < -0.4 is 5.73 Å².